The molecule has 12 rings (SSSR count). The van der Waals surface area contributed by atoms with Gasteiger partial charge in [0.05, 0.1) is 0 Å². The van der Waals surface area contributed by atoms with Gasteiger partial charge in [-0.2, -0.15) is 0 Å². The summed E-state index contributed by atoms with van der Waals surface area (Å²) in [7, 11) is -5.89. The number of amides is 1. The van der Waals surface area contributed by atoms with Gasteiger partial charge in [-0.05, 0) is 127 Å². The molecule has 0 bridgehead atoms. The van der Waals surface area contributed by atoms with Crippen LogP contribution < -0.4 is 33.2 Å². The van der Waals surface area contributed by atoms with Crippen molar-refractivity contribution in [3.05, 3.63) is 175 Å². The molecule has 5 unspecified atom stereocenters. The number of aliphatic hydroxyl groups excluding tert-OH is 5. The molecule has 6 aliphatic heterocycles. The molecule has 0 aliphatic carbocycles. The van der Waals surface area contributed by atoms with Crippen LogP contribution in [0.3, 0.4) is 0 Å². The monoisotopic (exact) mass is 1420 g/mol. The van der Waals surface area contributed by atoms with E-state index in [1.807, 2.05) is 25.1 Å². The number of rotatable bonds is 15. The van der Waals surface area contributed by atoms with Gasteiger partial charge in [0.15, 0.2) is 0 Å². The van der Waals surface area contributed by atoms with Crippen molar-refractivity contribution in [1.29, 1.82) is 0 Å². The average Bonchev–Trinajstić information content (AvgIpc) is 0.813. The molecule has 103 heavy (non-hydrogen) atoms. The summed E-state index contributed by atoms with van der Waals surface area (Å²) in [5, 5.41) is 143. The SMILES string of the molecule is C=C(O)c1nccc2c1OB(O)CC2CC.C=C(O)c1nccc2c1OB(O)CC2CO.CCC1CB(O)Oc2c1ccc(C)c2C(=O)O.Cc1ccc2c(c1C(=O)O)OB(O)CC2CCO.Cc1ccc2c(c1C(=O)O)OB(O)CC2CNC=O.Cc1ccc2c(c1C(=O)O)OB(O)C[C@@H]2CO. The van der Waals surface area contributed by atoms with Crippen molar-refractivity contribution in [1.82, 2.24) is 15.3 Å². The van der Waals surface area contributed by atoms with Crippen LogP contribution in [-0.4, -0.2) is 185 Å². The van der Waals surface area contributed by atoms with E-state index in [1.54, 1.807) is 76.4 Å². The second-order valence-corrected chi connectivity index (χ2v) is 25.2. The number of nitrogens with zero attached hydrogens (tertiary/aromatic N) is 2. The minimum absolute atomic E-state index is 0.00684. The number of aliphatic hydroxyl groups is 5. The molecule has 0 saturated heterocycles. The van der Waals surface area contributed by atoms with Gasteiger partial charge >= 0.3 is 66.6 Å². The van der Waals surface area contributed by atoms with Crippen molar-refractivity contribution in [2.75, 3.05) is 26.4 Å². The molecule has 6 aliphatic rings. The fraction of sp³-hybridized carbons (Fsp3) is 0.368. The highest BCUT2D eigenvalue weighted by atomic mass is 16.5. The normalized spacial score (nSPS) is 18.4. The van der Waals surface area contributed by atoms with Gasteiger partial charge in [-0.25, -0.2) is 29.1 Å². The number of benzene rings is 4. The minimum atomic E-state index is -1.09. The molecule has 0 fully saturated rings. The number of carbonyl (C=O) groups excluding carboxylic acids is 1. The molecule has 2 aromatic heterocycles. The lowest BCUT2D eigenvalue weighted by Gasteiger charge is -2.29. The number of hydrogen-bond donors (Lipinski definition) is 16. The predicted octanol–water partition coefficient (Wildman–Crippen LogP) is 6.67. The zero-order chi connectivity index (χ0) is 75.8. The standard InChI is InChI=1S/C12H14BNO5.C12H15BO5.C12H15BO4.C11H14BNO3.C11H13BO5.C10H12BNO4/c1-7-2-3-9-8(5-14-6-15)4-13(18)19-11(9)10(7)12(16)17;1-7-2-3-9-8(4-5-14)6-13(17)18-11(9)10(7)12(15)16;1-3-8-6-13(16)17-11-9(8)5-4-7(2)10(11)12(14)15;1-3-8-6-12(15)16-11-9(8)4-5-13-10(11)7(2)14;1-6-2-3-8-7(5-13)4-12(16)17-10(8)9(6)11(14)15;1-6(14)9-10-8(2-3-12-9)7(5-13)4-11(15)16-10/h2-3,6,8,18H,4-5H2,1H3,(H,14,15)(H,16,17);2-3,8,14,17H,4-6H2,1H3,(H,15,16);4-5,8,16H,3,6H2,1-2H3,(H,14,15);4-5,8,14-15H,2-3,6H2,1H3;2-3,7,13,16H,4-5H2,1H3,(H,14,15);2-3,7,13-15H,1,4-5H2/t;;;;7-;/m....1./s1. The number of carbonyl (C=O) groups is 5. The van der Waals surface area contributed by atoms with Crippen molar-refractivity contribution in [2.45, 2.75) is 134 Å². The zero-order valence-corrected chi connectivity index (χ0v) is 57.6. The van der Waals surface area contributed by atoms with Crippen LogP contribution in [0.2, 0.25) is 37.9 Å². The second kappa shape index (κ2) is 36.5. The van der Waals surface area contributed by atoms with Gasteiger partial charge in [0.25, 0.3) is 0 Å². The first kappa shape index (κ1) is 80.7. The van der Waals surface area contributed by atoms with Crippen molar-refractivity contribution in [3.63, 3.8) is 0 Å². The van der Waals surface area contributed by atoms with E-state index in [0.29, 0.717) is 107 Å². The smallest absolute Gasteiger partial charge is 0.523 e. The number of aromatic nitrogens is 2. The van der Waals surface area contributed by atoms with Crippen LogP contribution in [0.5, 0.6) is 34.5 Å². The molecular weight excluding hydrogens is 1340 g/mol. The number of carboxylic acid groups (broad SMARTS) is 4. The molecule has 0 saturated carbocycles. The fourth-order valence-corrected chi connectivity index (χ4v) is 13.1. The van der Waals surface area contributed by atoms with Crippen LogP contribution in [-0.2, 0) is 4.79 Å². The van der Waals surface area contributed by atoms with Crippen LogP contribution in [0.4, 0.5) is 0 Å². The Bertz CT molecular complexity index is 3910. The summed E-state index contributed by atoms with van der Waals surface area (Å²) in [5.74, 6) is -3.26. The third-order valence-electron chi connectivity index (χ3n) is 18.3. The van der Waals surface area contributed by atoms with Gasteiger partial charge < -0.3 is 109 Å². The number of carboxylic acids is 4. The predicted molar refractivity (Wildman–Crippen MR) is 382 cm³/mol. The van der Waals surface area contributed by atoms with E-state index >= 15 is 0 Å². The number of aromatic carboxylic acids is 4. The Morgan fingerprint density at radius 1 is 0.427 bits per heavy atom. The van der Waals surface area contributed by atoms with Gasteiger partial charge in [-0.3, -0.25) is 4.79 Å². The summed E-state index contributed by atoms with van der Waals surface area (Å²) in [6.07, 6.45) is 8.34. The topological polar surface area (TPSA) is 482 Å². The summed E-state index contributed by atoms with van der Waals surface area (Å²) in [6.45, 7) is 17.8. The maximum atomic E-state index is 11.3. The van der Waals surface area contributed by atoms with E-state index in [0.717, 1.165) is 35.1 Å². The van der Waals surface area contributed by atoms with E-state index in [1.165, 1.54) is 6.20 Å². The molecule has 8 heterocycles. The molecule has 6 atom stereocenters. The van der Waals surface area contributed by atoms with E-state index in [-0.39, 0.29) is 118 Å². The summed E-state index contributed by atoms with van der Waals surface area (Å²) in [5.41, 5.74) is 7.97. The molecule has 1 amide bonds. The molecule has 35 heteroatoms. The van der Waals surface area contributed by atoms with Crippen molar-refractivity contribution in [3.8, 4) is 34.5 Å². The highest BCUT2D eigenvalue weighted by molar-refractivity contribution is 6.46. The third kappa shape index (κ3) is 19.4. The second-order valence-electron chi connectivity index (χ2n) is 25.2. The maximum absolute atomic E-state index is 11.3. The molecule has 16 N–H and O–H groups in total. The molecule has 544 valence electrons. The lowest BCUT2D eigenvalue weighted by Crippen LogP contribution is -2.34. The van der Waals surface area contributed by atoms with Gasteiger partial charge in [-0.15, -0.1) is 0 Å². The van der Waals surface area contributed by atoms with Crippen molar-refractivity contribution in [2.24, 2.45) is 0 Å². The molecule has 6 aromatic rings. The van der Waals surface area contributed by atoms with Crippen LogP contribution in [0.25, 0.3) is 11.5 Å². The van der Waals surface area contributed by atoms with E-state index in [9.17, 15) is 89.9 Å². The van der Waals surface area contributed by atoms with E-state index in [4.69, 9.17) is 38.1 Å². The number of pyridine rings is 2. The molecule has 0 radical (unpaired) electrons. The third-order valence-corrected chi connectivity index (χ3v) is 18.3. The lowest BCUT2D eigenvalue weighted by molar-refractivity contribution is -0.109. The van der Waals surface area contributed by atoms with Crippen molar-refractivity contribution < 1.29 is 128 Å². The van der Waals surface area contributed by atoms with Gasteiger partial charge in [0.2, 0.25) is 6.41 Å². The Balaban J connectivity index is 0.000000173. The first-order valence-electron chi connectivity index (χ1n) is 33.2. The zero-order valence-electron chi connectivity index (χ0n) is 57.6. The summed E-state index contributed by atoms with van der Waals surface area (Å²) in [4.78, 5) is 63.3. The van der Waals surface area contributed by atoms with Crippen LogP contribution in [0.15, 0.2) is 86.2 Å². The fourth-order valence-electron chi connectivity index (χ4n) is 13.1. The average molecular weight is 1420 g/mol. The van der Waals surface area contributed by atoms with Gasteiger partial charge in [-0.1, -0.05) is 75.5 Å². The van der Waals surface area contributed by atoms with E-state index in [2.05, 4.69) is 35.4 Å². The minimum Gasteiger partial charge on any atom is -0.535 e. The summed E-state index contributed by atoms with van der Waals surface area (Å²) < 4.78 is 31.6. The van der Waals surface area contributed by atoms with Crippen LogP contribution in [0.1, 0.15) is 177 Å². The summed E-state index contributed by atoms with van der Waals surface area (Å²) in [6, 6.07) is 17.7. The Morgan fingerprint density at radius 3 is 0.981 bits per heavy atom. The van der Waals surface area contributed by atoms with Crippen molar-refractivity contribution >= 4 is 84.5 Å². The molecule has 0 spiro atoms. The van der Waals surface area contributed by atoms with Gasteiger partial charge in [0, 0.05) is 100.0 Å². The highest BCUT2D eigenvalue weighted by Crippen LogP contribution is 2.46. The number of aryl methyl sites for hydroxylation is 4. The molecule has 4 aromatic carbocycles. The van der Waals surface area contributed by atoms with Gasteiger partial charge in [0.1, 0.15) is 79.7 Å². The lowest BCUT2D eigenvalue weighted by atomic mass is 9.70. The van der Waals surface area contributed by atoms with E-state index < -0.39 is 66.6 Å². The Kier molecular flexibility index (Phi) is 28.6. The highest BCUT2D eigenvalue weighted by Gasteiger charge is 2.40. The molecular formula is C68H83B6N3O26. The first-order chi connectivity index (χ1) is 48.9. The Labute approximate surface area is 595 Å². The number of nitrogens with one attached hydrogen (secondary N) is 1. The van der Waals surface area contributed by atoms with Crippen LogP contribution in [0, 0.1) is 27.7 Å². The Hall–Kier alpha value is -9.56. The van der Waals surface area contributed by atoms with Crippen LogP contribution >= 0.6 is 0 Å². The quantitative estimate of drug-likeness (QED) is 0.0290. The maximum Gasteiger partial charge on any atom is 0.523 e. The molecule has 29 nitrogen and oxygen atoms in total. The number of hydrogen-bond acceptors (Lipinski definition) is 24. The Morgan fingerprint density at radius 2 is 0.689 bits per heavy atom. The summed E-state index contributed by atoms with van der Waals surface area (Å²) >= 11 is 0. The number of fused-ring (bicyclic) bond motifs is 6. The first-order valence-corrected chi connectivity index (χ1v) is 33.2. The largest absolute Gasteiger partial charge is 0.535 e.